The largest absolute Gasteiger partial charge is 0.308 e. The number of aromatic nitrogens is 1. The summed E-state index contributed by atoms with van der Waals surface area (Å²) in [5, 5.41) is 0. The van der Waals surface area contributed by atoms with Crippen LogP contribution in [0, 0.1) is 0 Å². The molecule has 164 valence electrons. The van der Waals surface area contributed by atoms with Crippen LogP contribution in [0.25, 0.3) is 22.3 Å². The predicted molar refractivity (Wildman–Crippen MR) is 141 cm³/mol. The molecule has 0 atom stereocenters. The Morgan fingerprint density at radius 1 is 0.514 bits per heavy atom. The van der Waals surface area contributed by atoms with Crippen molar-refractivity contribution in [2.24, 2.45) is 0 Å². The second-order valence-electron chi connectivity index (χ2n) is 10.4. The SMILES string of the molecule is c1ccc2c(c1)Cc1cc3c(cc1-2)Cc1cc2c(c4c1N3c1cnccc1C4)Cc1ccccc1-2. The zero-order chi connectivity index (χ0) is 22.7. The lowest BCUT2D eigenvalue weighted by atomic mass is 9.82. The highest BCUT2D eigenvalue weighted by Crippen LogP contribution is 2.55. The number of fused-ring (bicyclic) bond motifs is 11. The molecular formula is C33H22N2. The van der Waals surface area contributed by atoms with Gasteiger partial charge in [-0.3, -0.25) is 4.98 Å². The van der Waals surface area contributed by atoms with Gasteiger partial charge < -0.3 is 4.90 Å². The van der Waals surface area contributed by atoms with Crippen molar-refractivity contribution >= 4 is 17.1 Å². The number of pyridine rings is 1. The van der Waals surface area contributed by atoms with Crippen molar-refractivity contribution in [2.75, 3.05) is 4.90 Å². The van der Waals surface area contributed by atoms with Gasteiger partial charge in [0.05, 0.1) is 23.3 Å². The molecule has 2 aliphatic carbocycles. The predicted octanol–water partition coefficient (Wildman–Crippen LogP) is 7.50. The Labute approximate surface area is 204 Å². The van der Waals surface area contributed by atoms with E-state index in [9.17, 15) is 0 Å². The maximum Gasteiger partial charge on any atom is 0.0680 e. The molecule has 5 aromatic rings. The fraction of sp³-hybridized carbons (Fsp3) is 0.121. The summed E-state index contributed by atoms with van der Waals surface area (Å²) in [5.41, 5.74) is 21.3. The van der Waals surface area contributed by atoms with Crippen LogP contribution in [0.2, 0.25) is 0 Å². The van der Waals surface area contributed by atoms with Gasteiger partial charge in [-0.1, -0.05) is 48.5 Å². The molecule has 0 fully saturated rings. The van der Waals surface area contributed by atoms with E-state index in [1.807, 2.05) is 6.20 Å². The highest BCUT2D eigenvalue weighted by molar-refractivity contribution is 5.95. The lowest BCUT2D eigenvalue weighted by molar-refractivity contribution is 0.984. The number of rotatable bonds is 0. The Morgan fingerprint density at radius 3 is 2.11 bits per heavy atom. The molecule has 3 heterocycles. The summed E-state index contributed by atoms with van der Waals surface area (Å²) in [4.78, 5) is 7.11. The van der Waals surface area contributed by atoms with Crippen molar-refractivity contribution in [3.8, 4) is 22.3 Å². The third kappa shape index (κ3) is 2.27. The molecule has 0 radical (unpaired) electrons. The van der Waals surface area contributed by atoms with Gasteiger partial charge in [-0.05, 0) is 104 Å². The first-order valence-corrected chi connectivity index (χ1v) is 12.6. The van der Waals surface area contributed by atoms with Gasteiger partial charge in [-0.25, -0.2) is 0 Å². The second-order valence-corrected chi connectivity index (χ2v) is 10.4. The van der Waals surface area contributed by atoms with E-state index < -0.39 is 0 Å². The van der Waals surface area contributed by atoms with Gasteiger partial charge in [0.2, 0.25) is 0 Å². The summed E-state index contributed by atoms with van der Waals surface area (Å²) in [7, 11) is 0. The highest BCUT2D eigenvalue weighted by atomic mass is 15.2. The summed E-state index contributed by atoms with van der Waals surface area (Å²) < 4.78 is 0. The molecular weight excluding hydrogens is 424 g/mol. The van der Waals surface area contributed by atoms with E-state index in [4.69, 9.17) is 0 Å². The topological polar surface area (TPSA) is 16.1 Å². The number of benzene rings is 4. The molecule has 0 amide bonds. The molecule has 0 spiro atoms. The second kappa shape index (κ2) is 6.28. The molecule has 1 aromatic heterocycles. The van der Waals surface area contributed by atoms with Crippen molar-refractivity contribution in [3.05, 3.63) is 130 Å². The molecule has 0 saturated carbocycles. The monoisotopic (exact) mass is 446 g/mol. The van der Waals surface area contributed by atoms with E-state index >= 15 is 0 Å². The van der Waals surface area contributed by atoms with Crippen LogP contribution in [0.4, 0.5) is 17.1 Å². The van der Waals surface area contributed by atoms with Crippen molar-refractivity contribution < 1.29 is 0 Å². The maximum absolute atomic E-state index is 4.56. The van der Waals surface area contributed by atoms with Gasteiger partial charge in [0.15, 0.2) is 0 Å². The molecule has 4 aromatic carbocycles. The fourth-order valence-electron chi connectivity index (χ4n) is 7.10. The van der Waals surface area contributed by atoms with E-state index in [0.717, 1.165) is 25.7 Å². The van der Waals surface area contributed by atoms with Gasteiger partial charge in [0, 0.05) is 19.0 Å². The van der Waals surface area contributed by atoms with Crippen LogP contribution in [-0.2, 0) is 25.7 Å². The summed E-state index contributed by atoms with van der Waals surface area (Å²) in [6.45, 7) is 0. The molecule has 2 nitrogen and oxygen atoms in total. The van der Waals surface area contributed by atoms with E-state index in [0.29, 0.717) is 0 Å². The van der Waals surface area contributed by atoms with Gasteiger partial charge in [0.25, 0.3) is 0 Å². The van der Waals surface area contributed by atoms with Crippen LogP contribution >= 0.6 is 0 Å². The van der Waals surface area contributed by atoms with Crippen LogP contribution in [0.1, 0.15) is 44.5 Å². The first kappa shape index (κ1) is 18.2. The summed E-state index contributed by atoms with van der Waals surface area (Å²) in [6.07, 6.45) is 8.04. The Balaban J connectivity index is 1.33. The number of anilines is 3. The zero-order valence-electron chi connectivity index (χ0n) is 19.3. The standard InChI is InChI=1S/C33H22N2/c1-3-7-25-19(5-1)11-22-17-31-23(15-27(22)25)12-24-16-28-26-8-4-2-6-20(26)13-29(28)30-14-21-9-10-34-18-32(21)35(31)33(24)30/h1-10,15-18H,11-14H2. The average molecular weight is 447 g/mol. The molecule has 0 saturated heterocycles. The highest BCUT2D eigenvalue weighted by Gasteiger charge is 2.37. The summed E-state index contributed by atoms with van der Waals surface area (Å²) >= 11 is 0. The lowest BCUT2D eigenvalue weighted by Crippen LogP contribution is -2.26. The van der Waals surface area contributed by atoms with Crippen molar-refractivity contribution in [2.45, 2.75) is 25.7 Å². The van der Waals surface area contributed by atoms with Gasteiger partial charge in [-0.2, -0.15) is 0 Å². The smallest absolute Gasteiger partial charge is 0.0680 e. The molecule has 0 N–H and O–H groups in total. The van der Waals surface area contributed by atoms with Gasteiger partial charge in [-0.15, -0.1) is 0 Å². The Bertz CT molecular complexity index is 1760. The molecule has 35 heavy (non-hydrogen) atoms. The molecule has 0 unspecified atom stereocenters. The number of nitrogens with zero attached hydrogens (tertiary/aromatic N) is 2. The molecule has 0 bridgehead atoms. The number of hydrogen-bond acceptors (Lipinski definition) is 2. The van der Waals surface area contributed by atoms with E-state index in [1.165, 1.54) is 83.8 Å². The quantitative estimate of drug-likeness (QED) is 0.240. The minimum atomic E-state index is 0.981. The lowest BCUT2D eigenvalue weighted by Gasteiger charge is -2.40. The van der Waals surface area contributed by atoms with E-state index in [-0.39, 0.29) is 0 Å². The third-order valence-corrected chi connectivity index (χ3v) is 8.61. The number of hydrogen-bond donors (Lipinski definition) is 0. The third-order valence-electron chi connectivity index (χ3n) is 8.61. The summed E-state index contributed by atoms with van der Waals surface area (Å²) in [6, 6.07) is 27.5. The minimum Gasteiger partial charge on any atom is -0.308 e. The van der Waals surface area contributed by atoms with Crippen LogP contribution in [-0.4, -0.2) is 4.98 Å². The van der Waals surface area contributed by atoms with Crippen molar-refractivity contribution in [1.29, 1.82) is 0 Å². The maximum atomic E-state index is 4.56. The Morgan fingerprint density at radius 2 is 1.23 bits per heavy atom. The fourth-order valence-corrected chi connectivity index (χ4v) is 7.10. The van der Waals surface area contributed by atoms with Crippen molar-refractivity contribution in [1.82, 2.24) is 4.98 Å². The van der Waals surface area contributed by atoms with Gasteiger partial charge >= 0.3 is 0 Å². The molecule has 4 aliphatic rings. The molecule has 9 rings (SSSR count). The minimum absolute atomic E-state index is 0.981. The average Bonchev–Trinajstić information content (AvgIpc) is 3.45. The first-order valence-electron chi connectivity index (χ1n) is 12.6. The van der Waals surface area contributed by atoms with E-state index in [1.54, 1.807) is 0 Å². The van der Waals surface area contributed by atoms with E-state index in [2.05, 4.69) is 88.9 Å². The van der Waals surface area contributed by atoms with Crippen molar-refractivity contribution in [3.63, 3.8) is 0 Å². The Kier molecular flexibility index (Phi) is 3.27. The van der Waals surface area contributed by atoms with Crippen LogP contribution in [0.3, 0.4) is 0 Å². The Hall–Kier alpha value is -4.17. The van der Waals surface area contributed by atoms with Gasteiger partial charge in [0.1, 0.15) is 0 Å². The normalized spacial score (nSPS) is 14.9. The molecule has 2 aliphatic heterocycles. The molecule has 2 heteroatoms. The van der Waals surface area contributed by atoms with Crippen LogP contribution in [0.15, 0.2) is 85.2 Å². The van der Waals surface area contributed by atoms with Crippen LogP contribution < -0.4 is 4.90 Å². The van der Waals surface area contributed by atoms with Crippen LogP contribution in [0.5, 0.6) is 0 Å². The first-order chi connectivity index (χ1) is 17.3. The zero-order valence-corrected chi connectivity index (χ0v) is 19.3. The summed E-state index contributed by atoms with van der Waals surface area (Å²) in [5.74, 6) is 0.